The van der Waals surface area contributed by atoms with Gasteiger partial charge in [0, 0.05) is 11.1 Å². The molecule has 114 valence electrons. The number of rotatable bonds is 4. The number of hydrogen-bond acceptors (Lipinski definition) is 3. The van der Waals surface area contributed by atoms with Crippen LogP contribution in [0.5, 0.6) is 0 Å². The molecule has 1 aliphatic carbocycles. The minimum atomic E-state index is -3.90. The molecular weight excluding hydrogens is 326 g/mol. The topological polar surface area (TPSA) is 72.2 Å². The van der Waals surface area contributed by atoms with E-state index in [2.05, 4.69) is 4.72 Å². The molecule has 2 unspecified atom stereocenters. The maximum Gasteiger partial charge on any atom is 0.243 e. The molecule has 1 fully saturated rings. The van der Waals surface area contributed by atoms with Gasteiger partial charge in [0.15, 0.2) is 0 Å². The van der Waals surface area contributed by atoms with Gasteiger partial charge in [-0.15, -0.1) is 12.4 Å². The van der Waals surface area contributed by atoms with Crippen LogP contribution in [0.15, 0.2) is 23.1 Å². The highest BCUT2D eigenvalue weighted by Crippen LogP contribution is 2.27. The van der Waals surface area contributed by atoms with Crippen LogP contribution in [0.4, 0.5) is 4.39 Å². The van der Waals surface area contributed by atoms with Crippen LogP contribution in [-0.4, -0.2) is 21.0 Å². The largest absolute Gasteiger partial charge is 0.330 e. The third kappa shape index (κ3) is 3.83. The van der Waals surface area contributed by atoms with E-state index in [-0.39, 0.29) is 29.4 Å². The minimum Gasteiger partial charge on any atom is -0.330 e. The highest BCUT2D eigenvalue weighted by molar-refractivity contribution is 7.89. The van der Waals surface area contributed by atoms with E-state index in [9.17, 15) is 12.8 Å². The van der Waals surface area contributed by atoms with Gasteiger partial charge in [-0.25, -0.2) is 17.5 Å². The molecule has 0 saturated heterocycles. The van der Waals surface area contributed by atoms with Crippen LogP contribution in [0.3, 0.4) is 0 Å². The van der Waals surface area contributed by atoms with E-state index in [1.54, 1.807) is 0 Å². The lowest BCUT2D eigenvalue weighted by Gasteiger charge is -2.19. The van der Waals surface area contributed by atoms with Crippen molar-refractivity contribution in [1.82, 2.24) is 4.72 Å². The van der Waals surface area contributed by atoms with Crippen LogP contribution < -0.4 is 10.5 Å². The van der Waals surface area contributed by atoms with E-state index in [0.717, 1.165) is 31.4 Å². The molecule has 0 aliphatic heterocycles. The van der Waals surface area contributed by atoms with Gasteiger partial charge in [0.1, 0.15) is 10.7 Å². The lowest BCUT2D eigenvalue weighted by atomic mass is 10.1. The highest BCUT2D eigenvalue weighted by atomic mass is 35.5. The van der Waals surface area contributed by atoms with Crippen molar-refractivity contribution in [2.24, 2.45) is 11.7 Å². The SMILES string of the molecule is Cl.NCC1CCCC1NS(=O)(=O)c1cc(Cl)ccc1F. The summed E-state index contributed by atoms with van der Waals surface area (Å²) in [5.41, 5.74) is 5.61. The Kier molecular flexibility index (Phi) is 6.22. The molecule has 1 aromatic carbocycles. The van der Waals surface area contributed by atoms with Gasteiger partial charge in [0.05, 0.1) is 0 Å². The van der Waals surface area contributed by atoms with E-state index >= 15 is 0 Å². The van der Waals surface area contributed by atoms with E-state index in [1.807, 2.05) is 0 Å². The molecule has 8 heteroatoms. The molecule has 1 aliphatic rings. The van der Waals surface area contributed by atoms with Crippen molar-refractivity contribution in [2.45, 2.75) is 30.2 Å². The third-order valence-electron chi connectivity index (χ3n) is 3.45. The summed E-state index contributed by atoms with van der Waals surface area (Å²) in [4.78, 5) is -0.414. The zero-order chi connectivity index (χ0) is 14.0. The first kappa shape index (κ1) is 17.7. The first-order valence-corrected chi connectivity index (χ1v) is 7.97. The predicted molar refractivity (Wildman–Crippen MR) is 79.2 cm³/mol. The second kappa shape index (κ2) is 7.04. The van der Waals surface area contributed by atoms with Crippen LogP contribution in [-0.2, 0) is 10.0 Å². The number of nitrogens with two attached hydrogens (primary N) is 1. The molecule has 20 heavy (non-hydrogen) atoms. The summed E-state index contributed by atoms with van der Waals surface area (Å²) in [5, 5.41) is 0.184. The average molecular weight is 343 g/mol. The lowest BCUT2D eigenvalue weighted by molar-refractivity contribution is 0.451. The zero-order valence-electron chi connectivity index (χ0n) is 10.7. The van der Waals surface area contributed by atoms with Crippen molar-refractivity contribution < 1.29 is 12.8 Å². The maximum absolute atomic E-state index is 13.6. The van der Waals surface area contributed by atoms with Gasteiger partial charge in [-0.1, -0.05) is 18.0 Å². The molecule has 3 N–H and O–H groups in total. The summed E-state index contributed by atoms with van der Waals surface area (Å²) in [6.07, 6.45) is 2.54. The third-order valence-corrected chi connectivity index (χ3v) is 5.19. The van der Waals surface area contributed by atoms with Gasteiger partial charge >= 0.3 is 0 Å². The summed E-state index contributed by atoms with van der Waals surface area (Å²) < 4.78 is 40.5. The Morgan fingerprint density at radius 1 is 1.40 bits per heavy atom. The Morgan fingerprint density at radius 2 is 2.10 bits per heavy atom. The molecule has 0 aromatic heterocycles. The van der Waals surface area contributed by atoms with Crippen molar-refractivity contribution in [3.63, 3.8) is 0 Å². The lowest BCUT2D eigenvalue weighted by Crippen LogP contribution is -2.40. The molecule has 0 spiro atoms. The minimum absolute atomic E-state index is 0. The van der Waals surface area contributed by atoms with Crippen molar-refractivity contribution >= 4 is 34.0 Å². The molecule has 0 bridgehead atoms. The molecule has 0 radical (unpaired) electrons. The van der Waals surface area contributed by atoms with E-state index in [0.29, 0.717) is 6.54 Å². The van der Waals surface area contributed by atoms with Crippen LogP contribution in [0.25, 0.3) is 0 Å². The van der Waals surface area contributed by atoms with Crippen molar-refractivity contribution in [2.75, 3.05) is 6.54 Å². The fraction of sp³-hybridized carbons (Fsp3) is 0.500. The first-order chi connectivity index (χ1) is 8.94. The summed E-state index contributed by atoms with van der Waals surface area (Å²) in [5.74, 6) is -0.698. The van der Waals surface area contributed by atoms with E-state index in [4.69, 9.17) is 17.3 Å². The molecule has 1 aromatic rings. The Balaban J connectivity index is 0.00000200. The van der Waals surface area contributed by atoms with Crippen molar-refractivity contribution in [3.05, 3.63) is 29.0 Å². The van der Waals surface area contributed by atoms with Gasteiger partial charge in [-0.3, -0.25) is 0 Å². The van der Waals surface area contributed by atoms with Gasteiger partial charge in [0.25, 0.3) is 0 Å². The Bertz CT molecular complexity index is 569. The van der Waals surface area contributed by atoms with Crippen LogP contribution in [0.2, 0.25) is 5.02 Å². The van der Waals surface area contributed by atoms with Gasteiger partial charge in [-0.2, -0.15) is 0 Å². The smallest absolute Gasteiger partial charge is 0.243 e. The maximum atomic E-state index is 13.6. The summed E-state index contributed by atoms with van der Waals surface area (Å²) in [6.45, 7) is 0.422. The second-order valence-corrected chi connectivity index (χ2v) is 6.85. The summed E-state index contributed by atoms with van der Waals surface area (Å²) >= 11 is 5.72. The second-order valence-electron chi connectivity index (χ2n) is 4.73. The van der Waals surface area contributed by atoms with E-state index < -0.39 is 20.7 Å². The molecule has 1 saturated carbocycles. The Hall–Kier alpha value is -0.400. The number of benzene rings is 1. The normalized spacial score (nSPS) is 22.6. The van der Waals surface area contributed by atoms with Gasteiger partial charge in [-0.05, 0) is 43.5 Å². The molecular formula is C12H17Cl2FN2O2S. The van der Waals surface area contributed by atoms with E-state index in [1.165, 1.54) is 6.07 Å². The van der Waals surface area contributed by atoms with Crippen LogP contribution in [0, 0.1) is 11.7 Å². The van der Waals surface area contributed by atoms with Crippen molar-refractivity contribution in [3.8, 4) is 0 Å². The van der Waals surface area contributed by atoms with Crippen LogP contribution >= 0.6 is 24.0 Å². The molecule has 4 nitrogen and oxygen atoms in total. The van der Waals surface area contributed by atoms with Gasteiger partial charge in [0.2, 0.25) is 10.0 Å². The number of halogens is 3. The molecule has 2 atom stereocenters. The monoisotopic (exact) mass is 342 g/mol. The standard InChI is InChI=1S/C12H16ClFN2O2S.ClH/c13-9-4-5-10(14)12(6-9)19(17,18)16-11-3-1-2-8(11)7-15;/h4-6,8,11,16H,1-3,7,15H2;1H. The first-order valence-electron chi connectivity index (χ1n) is 6.11. The zero-order valence-corrected chi connectivity index (χ0v) is 13.1. The van der Waals surface area contributed by atoms with Gasteiger partial charge < -0.3 is 5.73 Å². The quantitative estimate of drug-likeness (QED) is 0.881. The summed E-state index contributed by atoms with van der Waals surface area (Å²) in [7, 11) is -3.90. The van der Waals surface area contributed by atoms with Crippen LogP contribution in [0.1, 0.15) is 19.3 Å². The molecule has 2 rings (SSSR count). The number of nitrogens with one attached hydrogen (secondary N) is 1. The number of hydrogen-bond donors (Lipinski definition) is 2. The fourth-order valence-corrected chi connectivity index (χ4v) is 4.10. The summed E-state index contributed by atoms with van der Waals surface area (Å²) in [6, 6.07) is 3.25. The molecule has 0 heterocycles. The van der Waals surface area contributed by atoms with Crippen molar-refractivity contribution in [1.29, 1.82) is 0 Å². The number of sulfonamides is 1. The molecule has 0 amide bonds. The Morgan fingerprint density at radius 3 is 2.75 bits per heavy atom. The average Bonchev–Trinajstić information content (AvgIpc) is 2.78. The predicted octanol–water partition coefficient (Wildman–Crippen LogP) is 2.31. The fourth-order valence-electron chi connectivity index (χ4n) is 2.42. The Labute approximate surface area is 129 Å². The highest BCUT2D eigenvalue weighted by Gasteiger charge is 2.31.